The molecular weight excluding hydrogens is 450 g/mol. The molecule has 0 saturated carbocycles. The van der Waals surface area contributed by atoms with Gasteiger partial charge < -0.3 is 0 Å². The average molecular weight is 469 g/mol. The normalized spacial score (nSPS) is 11.3. The van der Waals surface area contributed by atoms with Crippen LogP contribution in [0.15, 0.2) is 70.7 Å². The van der Waals surface area contributed by atoms with Gasteiger partial charge in [-0.25, -0.2) is 8.42 Å². The van der Waals surface area contributed by atoms with Crippen LogP contribution in [0.5, 0.6) is 0 Å². The molecule has 0 heterocycles. The number of hydrogen-bond acceptors (Lipinski definition) is 8. The van der Waals surface area contributed by atoms with Crippen LogP contribution in [0.4, 0.5) is 22.7 Å². The summed E-state index contributed by atoms with van der Waals surface area (Å²) in [7, 11) is -4.10. The van der Waals surface area contributed by atoms with E-state index in [4.69, 9.17) is 0 Å². The summed E-state index contributed by atoms with van der Waals surface area (Å²) in [4.78, 5) is 21.0. The van der Waals surface area contributed by atoms with E-state index in [-0.39, 0.29) is 21.8 Å². The minimum atomic E-state index is -4.10. The van der Waals surface area contributed by atoms with Crippen molar-refractivity contribution >= 4 is 39.0 Å². The lowest BCUT2D eigenvalue weighted by molar-refractivity contribution is -0.385. The SMILES string of the molecule is Cc1ccc(NS(=O)(=O)c2ccc(NN=Cc3ccccc3[N+](=O)[O-])c([N+](=O)[O-])c2)c(C)c1. The maximum atomic E-state index is 12.8. The Morgan fingerprint density at radius 3 is 2.21 bits per heavy atom. The van der Waals surface area contributed by atoms with E-state index >= 15 is 0 Å². The number of anilines is 2. The highest BCUT2D eigenvalue weighted by Gasteiger charge is 2.22. The number of nitro benzene ring substituents is 2. The lowest BCUT2D eigenvalue weighted by Gasteiger charge is -2.12. The zero-order valence-corrected chi connectivity index (χ0v) is 18.4. The quantitative estimate of drug-likeness (QED) is 0.282. The van der Waals surface area contributed by atoms with Gasteiger partial charge in [0.25, 0.3) is 21.4 Å². The van der Waals surface area contributed by atoms with Gasteiger partial charge in [-0.15, -0.1) is 0 Å². The summed E-state index contributed by atoms with van der Waals surface area (Å²) in [5.41, 5.74) is 3.86. The first-order chi connectivity index (χ1) is 15.6. The molecule has 0 fully saturated rings. The molecule has 170 valence electrons. The van der Waals surface area contributed by atoms with Crippen molar-refractivity contribution in [2.75, 3.05) is 10.1 Å². The van der Waals surface area contributed by atoms with Crippen LogP contribution in [0.2, 0.25) is 0 Å². The largest absolute Gasteiger partial charge is 0.295 e. The van der Waals surface area contributed by atoms with Gasteiger partial charge in [0.1, 0.15) is 5.69 Å². The van der Waals surface area contributed by atoms with Crippen LogP contribution in [0.25, 0.3) is 0 Å². The van der Waals surface area contributed by atoms with E-state index in [0.29, 0.717) is 11.3 Å². The van der Waals surface area contributed by atoms with E-state index in [9.17, 15) is 28.6 Å². The summed E-state index contributed by atoms with van der Waals surface area (Å²) in [6, 6.07) is 14.3. The van der Waals surface area contributed by atoms with Crippen molar-refractivity contribution in [1.29, 1.82) is 0 Å². The lowest BCUT2D eigenvalue weighted by Crippen LogP contribution is -2.14. The summed E-state index contributed by atoms with van der Waals surface area (Å²) in [6.07, 6.45) is 1.15. The first-order valence-corrected chi connectivity index (χ1v) is 11.0. The van der Waals surface area contributed by atoms with Gasteiger partial charge in [0, 0.05) is 12.1 Å². The monoisotopic (exact) mass is 469 g/mol. The van der Waals surface area contributed by atoms with Crippen LogP contribution in [0.3, 0.4) is 0 Å². The first kappa shape index (κ1) is 23.3. The van der Waals surface area contributed by atoms with Gasteiger partial charge >= 0.3 is 0 Å². The van der Waals surface area contributed by atoms with Crippen molar-refractivity contribution in [3.05, 3.63) is 97.6 Å². The minimum absolute atomic E-state index is 0.0831. The van der Waals surface area contributed by atoms with Crippen molar-refractivity contribution in [3.8, 4) is 0 Å². The maximum Gasteiger partial charge on any atom is 0.295 e. The third-order valence-corrected chi connectivity index (χ3v) is 5.99. The Bertz CT molecular complexity index is 1370. The van der Waals surface area contributed by atoms with Gasteiger partial charge in [-0.3, -0.25) is 30.4 Å². The fourth-order valence-corrected chi connectivity index (χ4v) is 4.14. The Kier molecular flexibility index (Phi) is 6.68. The molecule has 0 atom stereocenters. The van der Waals surface area contributed by atoms with Crippen LogP contribution in [0, 0.1) is 34.1 Å². The molecule has 0 aromatic heterocycles. The number of aryl methyl sites for hydroxylation is 2. The van der Waals surface area contributed by atoms with E-state index < -0.39 is 25.6 Å². The lowest BCUT2D eigenvalue weighted by atomic mass is 10.1. The number of hydrazone groups is 1. The Morgan fingerprint density at radius 2 is 1.55 bits per heavy atom. The van der Waals surface area contributed by atoms with Gasteiger partial charge in [0.05, 0.1) is 32.2 Å². The number of rotatable bonds is 8. The third kappa shape index (κ3) is 5.49. The van der Waals surface area contributed by atoms with Crippen molar-refractivity contribution in [2.45, 2.75) is 18.7 Å². The number of para-hydroxylation sites is 1. The molecule has 0 unspecified atom stereocenters. The number of sulfonamides is 1. The number of nitrogens with zero attached hydrogens (tertiary/aromatic N) is 3. The van der Waals surface area contributed by atoms with Crippen LogP contribution < -0.4 is 10.1 Å². The molecule has 0 aliphatic rings. The number of hydrogen-bond donors (Lipinski definition) is 2. The second-order valence-electron chi connectivity index (χ2n) is 7.05. The Labute approximate surface area is 189 Å². The topological polar surface area (TPSA) is 157 Å². The fraction of sp³-hybridized carbons (Fsp3) is 0.0952. The average Bonchev–Trinajstić information content (AvgIpc) is 2.76. The van der Waals surface area contributed by atoms with Crippen molar-refractivity contribution < 1.29 is 18.3 Å². The second kappa shape index (κ2) is 9.44. The molecule has 33 heavy (non-hydrogen) atoms. The van der Waals surface area contributed by atoms with E-state index in [1.165, 1.54) is 30.3 Å². The molecule has 3 aromatic rings. The minimum Gasteiger partial charge on any atom is -0.279 e. The van der Waals surface area contributed by atoms with Crippen LogP contribution in [-0.4, -0.2) is 24.5 Å². The van der Waals surface area contributed by atoms with Gasteiger partial charge in [-0.1, -0.05) is 29.8 Å². The molecule has 3 aromatic carbocycles. The molecule has 3 rings (SSSR count). The van der Waals surface area contributed by atoms with Crippen molar-refractivity contribution in [3.63, 3.8) is 0 Å². The third-order valence-electron chi connectivity index (χ3n) is 4.62. The molecule has 0 aliphatic heterocycles. The van der Waals surface area contributed by atoms with Crippen molar-refractivity contribution in [2.24, 2.45) is 5.10 Å². The van der Waals surface area contributed by atoms with Gasteiger partial charge in [0.15, 0.2) is 0 Å². The van der Waals surface area contributed by atoms with E-state index in [2.05, 4.69) is 15.2 Å². The number of nitrogens with one attached hydrogen (secondary N) is 2. The molecule has 0 aliphatic carbocycles. The number of benzene rings is 3. The molecule has 0 saturated heterocycles. The zero-order valence-electron chi connectivity index (χ0n) is 17.6. The molecule has 0 spiro atoms. The number of nitro groups is 2. The summed E-state index contributed by atoms with van der Waals surface area (Å²) in [5, 5.41) is 26.4. The highest BCUT2D eigenvalue weighted by molar-refractivity contribution is 7.92. The predicted molar refractivity (Wildman–Crippen MR) is 124 cm³/mol. The van der Waals surface area contributed by atoms with Gasteiger partial charge in [-0.05, 0) is 43.7 Å². The molecule has 0 radical (unpaired) electrons. The first-order valence-electron chi connectivity index (χ1n) is 9.49. The molecule has 0 bridgehead atoms. The van der Waals surface area contributed by atoms with Gasteiger partial charge in [-0.2, -0.15) is 5.10 Å². The smallest absolute Gasteiger partial charge is 0.279 e. The summed E-state index contributed by atoms with van der Waals surface area (Å²) >= 11 is 0. The molecule has 2 N–H and O–H groups in total. The molecular formula is C21H19N5O6S. The highest BCUT2D eigenvalue weighted by Crippen LogP contribution is 2.29. The fourth-order valence-electron chi connectivity index (χ4n) is 2.99. The Hall–Kier alpha value is -4.32. The predicted octanol–water partition coefficient (Wildman–Crippen LogP) is 4.37. The van der Waals surface area contributed by atoms with Gasteiger partial charge in [0.2, 0.25) is 0 Å². The Morgan fingerprint density at radius 1 is 0.879 bits per heavy atom. The second-order valence-corrected chi connectivity index (χ2v) is 8.73. The zero-order chi connectivity index (χ0) is 24.2. The van der Waals surface area contributed by atoms with E-state index in [1.807, 2.05) is 13.0 Å². The standard InChI is InChI=1S/C21H19N5O6S/c1-14-7-9-18(15(2)11-14)24-33(31,32)17-8-10-19(21(12-17)26(29)30)23-22-13-16-5-3-4-6-20(16)25(27)28/h3-13,23-24H,1-2H3. The van der Waals surface area contributed by atoms with Crippen LogP contribution in [0.1, 0.15) is 16.7 Å². The van der Waals surface area contributed by atoms with Crippen LogP contribution in [-0.2, 0) is 10.0 Å². The Balaban J connectivity index is 1.88. The molecule has 0 amide bonds. The molecule has 12 heteroatoms. The van der Waals surface area contributed by atoms with E-state index in [1.54, 1.807) is 25.1 Å². The van der Waals surface area contributed by atoms with E-state index in [0.717, 1.165) is 17.8 Å². The highest BCUT2D eigenvalue weighted by atomic mass is 32.2. The maximum absolute atomic E-state index is 12.8. The van der Waals surface area contributed by atoms with Crippen LogP contribution >= 0.6 is 0 Å². The van der Waals surface area contributed by atoms with Crippen molar-refractivity contribution in [1.82, 2.24) is 0 Å². The summed E-state index contributed by atoms with van der Waals surface area (Å²) in [6.45, 7) is 3.62. The summed E-state index contributed by atoms with van der Waals surface area (Å²) < 4.78 is 28.0. The summed E-state index contributed by atoms with van der Waals surface area (Å²) in [5.74, 6) is 0. The molecule has 11 nitrogen and oxygen atoms in total.